The number of amides is 8. The van der Waals surface area contributed by atoms with Crippen LogP contribution < -0.4 is 43.0 Å². The summed E-state index contributed by atoms with van der Waals surface area (Å²) in [4.78, 5) is 138. The highest BCUT2D eigenvalue weighted by molar-refractivity contribution is 5.98. The summed E-state index contributed by atoms with van der Waals surface area (Å²) < 4.78 is 0. The summed E-state index contributed by atoms with van der Waals surface area (Å²) in [5, 5.41) is 45.6. The van der Waals surface area contributed by atoms with Crippen LogP contribution in [0.2, 0.25) is 0 Å². The molecule has 1 aromatic carbocycles. The minimum absolute atomic E-state index is 0.0762. The SMILES string of the molecule is CC(C)C[C@H](NC(=O)[C@H](Cc1cnc[nH]1)NC(=O)[C@H](CCC(=O)O)NC(=O)[C@H](Cc1ccccc1)NC(=O)[C@H](C)NC(=O)CNC(=O)[C@H](C)N)C(=O)N1CCC[C@H]1C(=O)N[C@@H](CO)C(=O)O. The molecule has 0 radical (unpaired) electrons. The van der Waals surface area contributed by atoms with Crippen molar-refractivity contribution in [2.45, 2.75) is 121 Å². The molecule has 0 unspecified atom stereocenters. The molecule has 8 atom stereocenters. The van der Waals surface area contributed by atoms with Crippen LogP contribution in [0.1, 0.15) is 71.1 Å². The van der Waals surface area contributed by atoms with Crippen molar-refractivity contribution >= 4 is 59.2 Å². The smallest absolute Gasteiger partial charge is 0.328 e. The van der Waals surface area contributed by atoms with Gasteiger partial charge in [0.2, 0.25) is 47.3 Å². The van der Waals surface area contributed by atoms with Gasteiger partial charge in [0.15, 0.2) is 0 Å². The third-order valence-corrected chi connectivity index (χ3v) is 10.4. The molecule has 1 aliphatic heterocycles. The number of nitrogens with zero attached hydrogens (tertiary/aromatic N) is 2. The summed E-state index contributed by atoms with van der Waals surface area (Å²) >= 11 is 0. The number of nitrogens with two attached hydrogens (primary N) is 1. The number of carboxylic acid groups (broad SMARTS) is 2. The number of carboxylic acids is 2. The van der Waals surface area contributed by atoms with Gasteiger partial charge < -0.3 is 68.2 Å². The van der Waals surface area contributed by atoms with E-state index in [0.29, 0.717) is 17.7 Å². The lowest BCUT2D eigenvalue weighted by molar-refractivity contribution is -0.146. The molecule has 2 heterocycles. The molecular formula is C42H61N11O13. The van der Waals surface area contributed by atoms with E-state index in [1.807, 2.05) is 0 Å². The third kappa shape index (κ3) is 17.2. The minimum atomic E-state index is -1.61. The Kier molecular flexibility index (Phi) is 21.1. The number of imidazole rings is 1. The van der Waals surface area contributed by atoms with Crippen molar-refractivity contribution in [2.24, 2.45) is 11.7 Å². The van der Waals surface area contributed by atoms with Crippen molar-refractivity contribution in [1.82, 2.24) is 52.1 Å². The largest absolute Gasteiger partial charge is 0.481 e. The zero-order valence-electron chi connectivity index (χ0n) is 37.2. The molecule has 13 N–H and O–H groups in total. The van der Waals surface area contributed by atoms with Crippen molar-refractivity contribution in [3.8, 4) is 0 Å². The molecule has 2 aromatic rings. The Labute approximate surface area is 380 Å². The molecular weight excluding hydrogens is 867 g/mol. The summed E-state index contributed by atoms with van der Waals surface area (Å²) in [7, 11) is 0. The summed E-state index contributed by atoms with van der Waals surface area (Å²) in [5.41, 5.74) is 6.45. The molecule has 1 aromatic heterocycles. The van der Waals surface area contributed by atoms with Gasteiger partial charge >= 0.3 is 11.9 Å². The van der Waals surface area contributed by atoms with Gasteiger partial charge in [-0.3, -0.25) is 43.2 Å². The van der Waals surface area contributed by atoms with E-state index in [-0.39, 0.29) is 38.1 Å². The molecule has 24 heteroatoms. The van der Waals surface area contributed by atoms with Crippen LogP contribution in [0.25, 0.3) is 0 Å². The van der Waals surface area contributed by atoms with Gasteiger partial charge in [-0.1, -0.05) is 44.2 Å². The fourth-order valence-corrected chi connectivity index (χ4v) is 6.87. The first-order valence-corrected chi connectivity index (χ1v) is 21.4. The number of aliphatic hydroxyl groups excluding tert-OH is 1. The number of H-pyrrole nitrogens is 1. The van der Waals surface area contributed by atoms with Crippen LogP contribution in [0.3, 0.4) is 0 Å². The molecule has 24 nitrogen and oxygen atoms in total. The highest BCUT2D eigenvalue weighted by Gasteiger charge is 2.40. The maximum Gasteiger partial charge on any atom is 0.328 e. The monoisotopic (exact) mass is 927 g/mol. The Bertz CT molecular complexity index is 2020. The summed E-state index contributed by atoms with van der Waals surface area (Å²) in [5.74, 6) is -9.37. The number of benzene rings is 1. The normalized spacial score (nSPS) is 16.5. The molecule has 0 bridgehead atoms. The summed E-state index contributed by atoms with van der Waals surface area (Å²) in [6.45, 7) is 5.06. The van der Waals surface area contributed by atoms with Crippen molar-refractivity contribution in [3.05, 3.63) is 54.1 Å². The second kappa shape index (κ2) is 26.1. The van der Waals surface area contributed by atoms with Crippen LogP contribution in [-0.2, 0) is 60.8 Å². The highest BCUT2D eigenvalue weighted by atomic mass is 16.4. The van der Waals surface area contributed by atoms with Gasteiger partial charge in [-0.15, -0.1) is 0 Å². The lowest BCUT2D eigenvalue weighted by Crippen LogP contribution is -2.60. The van der Waals surface area contributed by atoms with E-state index in [9.17, 15) is 63.3 Å². The second-order valence-electron chi connectivity index (χ2n) is 16.3. The average Bonchev–Trinajstić information content (AvgIpc) is 3.98. The number of nitrogens with one attached hydrogen (secondary N) is 8. The first-order valence-electron chi connectivity index (χ1n) is 21.4. The van der Waals surface area contributed by atoms with E-state index in [1.165, 1.54) is 31.3 Å². The third-order valence-electron chi connectivity index (χ3n) is 10.4. The van der Waals surface area contributed by atoms with Crippen molar-refractivity contribution < 1.29 is 63.3 Å². The Hall–Kier alpha value is -6.95. The number of aliphatic hydroxyl groups is 1. The lowest BCUT2D eigenvalue weighted by atomic mass is 10.0. The van der Waals surface area contributed by atoms with E-state index >= 15 is 0 Å². The van der Waals surface area contributed by atoms with Gasteiger partial charge in [-0.25, -0.2) is 9.78 Å². The average molecular weight is 928 g/mol. The van der Waals surface area contributed by atoms with Gasteiger partial charge in [0.1, 0.15) is 42.3 Å². The fraction of sp³-hybridized carbons (Fsp3) is 0.548. The van der Waals surface area contributed by atoms with E-state index in [1.54, 1.807) is 44.2 Å². The van der Waals surface area contributed by atoms with Crippen LogP contribution in [0.5, 0.6) is 0 Å². The number of aromatic nitrogens is 2. The van der Waals surface area contributed by atoms with Gasteiger partial charge in [-0.05, 0) is 51.0 Å². The molecule has 8 amide bonds. The van der Waals surface area contributed by atoms with Gasteiger partial charge in [-0.2, -0.15) is 0 Å². The molecule has 362 valence electrons. The van der Waals surface area contributed by atoms with E-state index in [0.717, 1.165) is 0 Å². The maximum atomic E-state index is 14.2. The Morgan fingerprint density at radius 2 is 1.38 bits per heavy atom. The van der Waals surface area contributed by atoms with Crippen molar-refractivity contribution in [2.75, 3.05) is 19.7 Å². The number of aromatic amines is 1. The zero-order chi connectivity index (χ0) is 49.1. The second-order valence-corrected chi connectivity index (χ2v) is 16.3. The highest BCUT2D eigenvalue weighted by Crippen LogP contribution is 2.21. The Balaban J connectivity index is 1.87. The molecule has 3 rings (SSSR count). The number of aliphatic carboxylic acids is 2. The standard InChI is InChI=1S/C42H61N11O13/c1-22(2)15-30(41(64)53-14-8-11-32(53)40(63)52-31(20-54)42(65)66)51-39(62)29(17-26-18-44-21-46-26)50-37(60)27(12-13-34(56)57)48-38(61)28(16-25-9-6-5-7-10-25)49-36(59)24(4)47-33(55)19-45-35(58)23(3)43/h5-7,9-10,18,21-24,27-32,54H,8,11-17,19-20,43H2,1-4H3,(H,44,46)(H,45,58)(H,47,55)(H,48,61)(H,49,59)(H,50,60)(H,51,62)(H,52,63)(H,56,57)(H,65,66)/t23-,24-,27-,28-,29-,30-,31-,32-/m0/s1. The minimum Gasteiger partial charge on any atom is -0.481 e. The number of rotatable bonds is 26. The van der Waals surface area contributed by atoms with E-state index in [2.05, 4.69) is 47.2 Å². The molecule has 1 saturated heterocycles. The van der Waals surface area contributed by atoms with E-state index < -0.39 is 134 Å². The number of hydrogen-bond acceptors (Lipinski definition) is 13. The number of likely N-dealkylation sites (tertiary alicyclic amines) is 1. The molecule has 1 aliphatic rings. The number of carbonyl (C=O) groups excluding carboxylic acids is 8. The first-order chi connectivity index (χ1) is 31.2. The lowest BCUT2D eigenvalue weighted by Gasteiger charge is -2.31. The predicted octanol–water partition coefficient (Wildman–Crippen LogP) is -3.43. The van der Waals surface area contributed by atoms with E-state index in [4.69, 9.17) is 5.73 Å². The summed E-state index contributed by atoms with van der Waals surface area (Å²) in [6.07, 6.45) is 1.92. The van der Waals surface area contributed by atoms with Crippen LogP contribution in [0, 0.1) is 5.92 Å². The topological polar surface area (TPSA) is 374 Å². The van der Waals surface area contributed by atoms with Gasteiger partial charge in [0.25, 0.3) is 0 Å². The van der Waals surface area contributed by atoms with Crippen molar-refractivity contribution in [3.63, 3.8) is 0 Å². The maximum absolute atomic E-state index is 14.2. The fourth-order valence-electron chi connectivity index (χ4n) is 6.87. The number of carbonyl (C=O) groups is 10. The Morgan fingerprint density at radius 3 is 1.95 bits per heavy atom. The molecule has 1 fully saturated rings. The molecule has 0 spiro atoms. The Morgan fingerprint density at radius 1 is 0.773 bits per heavy atom. The summed E-state index contributed by atoms with van der Waals surface area (Å²) in [6, 6.07) is -2.07. The first kappa shape index (κ1) is 53.4. The van der Waals surface area contributed by atoms with Gasteiger partial charge in [0.05, 0.1) is 25.5 Å². The quantitative estimate of drug-likeness (QED) is 0.0437. The molecule has 0 saturated carbocycles. The van der Waals surface area contributed by atoms with Crippen LogP contribution in [0.4, 0.5) is 0 Å². The van der Waals surface area contributed by atoms with Crippen LogP contribution >= 0.6 is 0 Å². The number of hydrogen-bond donors (Lipinski definition) is 12. The van der Waals surface area contributed by atoms with Gasteiger partial charge in [0, 0.05) is 37.7 Å². The van der Waals surface area contributed by atoms with Crippen LogP contribution in [0.15, 0.2) is 42.9 Å². The predicted molar refractivity (Wildman–Crippen MR) is 232 cm³/mol. The van der Waals surface area contributed by atoms with Crippen LogP contribution in [-0.4, -0.2) is 157 Å². The zero-order valence-corrected chi connectivity index (χ0v) is 37.2. The molecule has 66 heavy (non-hydrogen) atoms. The molecule has 0 aliphatic carbocycles. The van der Waals surface area contributed by atoms with Crippen molar-refractivity contribution in [1.29, 1.82) is 0 Å².